The molecule has 1 atom stereocenters. The Balaban J connectivity index is 2.43. The fourth-order valence-corrected chi connectivity index (χ4v) is 2.53. The van der Waals surface area contributed by atoms with Gasteiger partial charge in [0.1, 0.15) is 5.82 Å². The van der Waals surface area contributed by atoms with E-state index in [0.29, 0.717) is 5.56 Å². The van der Waals surface area contributed by atoms with Crippen LogP contribution in [0.25, 0.3) is 5.69 Å². The van der Waals surface area contributed by atoms with Crippen molar-refractivity contribution in [3.63, 3.8) is 0 Å². The number of hydrogen-bond acceptors (Lipinski definition) is 3. The molecule has 0 radical (unpaired) electrons. The lowest BCUT2D eigenvalue weighted by Gasteiger charge is -2.13. The van der Waals surface area contributed by atoms with Gasteiger partial charge in [0.2, 0.25) is 0 Å². The first-order valence-corrected chi connectivity index (χ1v) is 6.56. The van der Waals surface area contributed by atoms with Gasteiger partial charge in [-0.05, 0) is 40.5 Å². The Kier molecular flexibility index (Phi) is 4.01. The number of rotatable bonds is 4. The largest absolute Gasteiger partial charge is 0.481 e. The van der Waals surface area contributed by atoms with Crippen molar-refractivity contribution in [2.45, 2.75) is 12.8 Å². The highest BCUT2D eigenvalue weighted by Crippen LogP contribution is 2.26. The molecule has 100 valence electrons. The molecule has 2 rings (SSSR count). The highest BCUT2D eigenvalue weighted by Gasteiger charge is 2.19. The molecule has 0 aliphatic rings. The maximum Gasteiger partial charge on any atom is 0.312 e. The van der Waals surface area contributed by atoms with Crippen LogP contribution in [0.3, 0.4) is 0 Å². The van der Waals surface area contributed by atoms with Gasteiger partial charge in [0.05, 0.1) is 11.6 Å². The minimum absolute atomic E-state index is 0.0746. The molecule has 0 saturated carbocycles. The molecule has 1 unspecified atom stereocenters. The zero-order chi connectivity index (χ0) is 14.0. The smallest absolute Gasteiger partial charge is 0.312 e. The van der Waals surface area contributed by atoms with E-state index in [1.165, 1.54) is 0 Å². The number of hydrogen-bond donors (Lipinski definition) is 2. The average molecular weight is 324 g/mol. The molecule has 6 heteroatoms. The van der Waals surface area contributed by atoms with Crippen LogP contribution in [0.5, 0.6) is 0 Å². The van der Waals surface area contributed by atoms with Crippen LogP contribution in [0.2, 0.25) is 0 Å². The summed E-state index contributed by atoms with van der Waals surface area (Å²) in [6.07, 6.45) is 3.57. The number of aryl methyl sites for hydroxylation is 1. The van der Waals surface area contributed by atoms with Gasteiger partial charge in [-0.15, -0.1) is 0 Å². The van der Waals surface area contributed by atoms with Gasteiger partial charge in [0, 0.05) is 23.4 Å². The fraction of sp³-hybridized carbons (Fsp3) is 0.231. The van der Waals surface area contributed by atoms with Crippen LogP contribution in [-0.2, 0) is 4.79 Å². The summed E-state index contributed by atoms with van der Waals surface area (Å²) >= 11 is 3.47. The van der Waals surface area contributed by atoms with E-state index in [1.54, 1.807) is 18.3 Å². The van der Waals surface area contributed by atoms with Gasteiger partial charge in [-0.25, -0.2) is 4.98 Å². The van der Waals surface area contributed by atoms with Crippen molar-refractivity contribution in [3.8, 4) is 5.69 Å². The number of nitrogens with two attached hydrogens (primary N) is 1. The van der Waals surface area contributed by atoms with Crippen LogP contribution in [0, 0.1) is 6.92 Å². The van der Waals surface area contributed by atoms with E-state index in [4.69, 9.17) is 10.8 Å². The monoisotopic (exact) mass is 323 g/mol. The number of carbonyl (C=O) groups is 1. The van der Waals surface area contributed by atoms with E-state index < -0.39 is 11.9 Å². The Bertz CT molecular complexity index is 610. The summed E-state index contributed by atoms with van der Waals surface area (Å²) in [5, 5.41) is 9.10. The van der Waals surface area contributed by atoms with Gasteiger partial charge in [0.15, 0.2) is 0 Å². The molecule has 3 N–H and O–H groups in total. The van der Waals surface area contributed by atoms with E-state index in [2.05, 4.69) is 20.9 Å². The second kappa shape index (κ2) is 5.54. The molecule has 0 saturated heterocycles. The fourth-order valence-electron chi connectivity index (χ4n) is 1.95. The molecule has 1 aromatic heterocycles. The van der Waals surface area contributed by atoms with E-state index in [-0.39, 0.29) is 6.54 Å². The number of benzene rings is 1. The predicted octanol–water partition coefficient (Wildman–Crippen LogP) is 2.07. The van der Waals surface area contributed by atoms with Crippen molar-refractivity contribution in [2.75, 3.05) is 6.54 Å². The van der Waals surface area contributed by atoms with Crippen LogP contribution < -0.4 is 5.73 Å². The molecule has 0 bridgehead atoms. The third-order valence-electron chi connectivity index (χ3n) is 2.99. The zero-order valence-electron chi connectivity index (χ0n) is 10.4. The lowest BCUT2D eigenvalue weighted by Crippen LogP contribution is -2.21. The molecule has 19 heavy (non-hydrogen) atoms. The summed E-state index contributed by atoms with van der Waals surface area (Å²) in [6, 6.07) is 5.44. The topological polar surface area (TPSA) is 81.1 Å². The first kappa shape index (κ1) is 13.8. The molecule has 0 amide bonds. The summed E-state index contributed by atoms with van der Waals surface area (Å²) < 4.78 is 2.73. The molecule has 0 aliphatic heterocycles. The number of carboxylic acids is 1. The van der Waals surface area contributed by atoms with Gasteiger partial charge in [-0.1, -0.05) is 6.07 Å². The Hall–Kier alpha value is -1.66. The predicted molar refractivity (Wildman–Crippen MR) is 75.4 cm³/mol. The van der Waals surface area contributed by atoms with E-state index in [0.717, 1.165) is 16.0 Å². The molecule has 1 heterocycles. The number of carboxylic acid groups (broad SMARTS) is 1. The second-order valence-electron chi connectivity index (χ2n) is 4.18. The Morgan fingerprint density at radius 1 is 1.58 bits per heavy atom. The number of aliphatic carboxylic acids is 1. The van der Waals surface area contributed by atoms with E-state index >= 15 is 0 Å². The molecule has 0 fully saturated rings. The van der Waals surface area contributed by atoms with Crippen molar-refractivity contribution in [3.05, 3.63) is 46.5 Å². The van der Waals surface area contributed by atoms with Gasteiger partial charge >= 0.3 is 5.97 Å². The Labute approximate surface area is 119 Å². The first-order valence-electron chi connectivity index (χ1n) is 5.77. The number of halogens is 1. The van der Waals surface area contributed by atoms with Crippen molar-refractivity contribution in [1.82, 2.24) is 9.55 Å². The molecule has 0 spiro atoms. The number of imidazole rings is 1. The maximum absolute atomic E-state index is 11.1. The maximum atomic E-state index is 11.1. The van der Waals surface area contributed by atoms with Crippen molar-refractivity contribution >= 4 is 21.9 Å². The van der Waals surface area contributed by atoms with Crippen LogP contribution in [0.1, 0.15) is 17.3 Å². The van der Waals surface area contributed by atoms with Crippen LogP contribution in [0.4, 0.5) is 0 Å². The second-order valence-corrected chi connectivity index (χ2v) is 5.04. The van der Waals surface area contributed by atoms with Gasteiger partial charge in [-0.2, -0.15) is 0 Å². The van der Waals surface area contributed by atoms with Gasteiger partial charge in [-0.3, -0.25) is 4.79 Å². The van der Waals surface area contributed by atoms with Crippen molar-refractivity contribution in [2.24, 2.45) is 5.73 Å². The molecule has 2 aromatic rings. The third kappa shape index (κ3) is 2.69. The lowest BCUT2D eigenvalue weighted by atomic mass is 9.99. The summed E-state index contributed by atoms with van der Waals surface area (Å²) in [6.45, 7) is 1.98. The molecular weight excluding hydrogens is 310 g/mol. The van der Waals surface area contributed by atoms with Crippen LogP contribution >= 0.6 is 15.9 Å². The van der Waals surface area contributed by atoms with Crippen molar-refractivity contribution in [1.29, 1.82) is 0 Å². The SMILES string of the molecule is Cc1nccn1-c1ccc(C(CN)C(=O)O)cc1Br. The molecule has 1 aromatic carbocycles. The minimum Gasteiger partial charge on any atom is -0.481 e. The quantitative estimate of drug-likeness (QED) is 0.902. The summed E-state index contributed by atoms with van der Waals surface area (Å²) in [5.41, 5.74) is 7.10. The highest BCUT2D eigenvalue weighted by atomic mass is 79.9. The van der Waals surface area contributed by atoms with E-state index in [9.17, 15) is 4.79 Å². The summed E-state index contributed by atoms with van der Waals surface area (Å²) in [4.78, 5) is 15.3. The lowest BCUT2D eigenvalue weighted by molar-refractivity contribution is -0.138. The number of aromatic nitrogens is 2. The zero-order valence-corrected chi connectivity index (χ0v) is 12.0. The van der Waals surface area contributed by atoms with E-state index in [1.807, 2.05) is 23.8 Å². The summed E-state index contributed by atoms with van der Waals surface area (Å²) in [7, 11) is 0. The van der Waals surface area contributed by atoms with Crippen molar-refractivity contribution < 1.29 is 9.90 Å². The van der Waals surface area contributed by atoms with Crippen LogP contribution in [-0.4, -0.2) is 27.2 Å². The van der Waals surface area contributed by atoms with Gasteiger partial charge in [0.25, 0.3) is 0 Å². The van der Waals surface area contributed by atoms with Gasteiger partial charge < -0.3 is 15.4 Å². The number of nitrogens with zero attached hydrogens (tertiary/aromatic N) is 2. The first-order chi connectivity index (χ1) is 9.04. The standard InChI is InChI=1S/C13H14BrN3O2/c1-8-16-4-5-17(8)12-3-2-9(6-11(12)14)10(7-15)13(18)19/h2-6,10H,7,15H2,1H3,(H,18,19). The normalized spacial score (nSPS) is 12.4. The Morgan fingerprint density at radius 2 is 2.32 bits per heavy atom. The Morgan fingerprint density at radius 3 is 2.79 bits per heavy atom. The molecule has 0 aliphatic carbocycles. The average Bonchev–Trinajstić information content (AvgIpc) is 2.76. The molecule has 5 nitrogen and oxygen atoms in total. The third-order valence-corrected chi connectivity index (χ3v) is 3.63. The summed E-state index contributed by atoms with van der Waals surface area (Å²) in [5.74, 6) is -0.739. The molecular formula is C13H14BrN3O2. The van der Waals surface area contributed by atoms with Crippen LogP contribution in [0.15, 0.2) is 35.1 Å². The highest BCUT2D eigenvalue weighted by molar-refractivity contribution is 9.10. The minimum atomic E-state index is -0.916.